The molecule has 0 spiro atoms. The van der Waals surface area contributed by atoms with Crippen molar-refractivity contribution in [3.63, 3.8) is 0 Å². The van der Waals surface area contributed by atoms with Crippen LogP contribution < -0.4 is 0 Å². The van der Waals surface area contributed by atoms with Gasteiger partial charge in [-0.1, -0.05) is 36.8 Å². The van der Waals surface area contributed by atoms with Gasteiger partial charge in [0.1, 0.15) is 0 Å². The van der Waals surface area contributed by atoms with Gasteiger partial charge >= 0.3 is 0 Å². The van der Waals surface area contributed by atoms with Gasteiger partial charge in [0.25, 0.3) is 5.69 Å². The van der Waals surface area contributed by atoms with Gasteiger partial charge in [-0.15, -0.1) is 6.42 Å². The highest BCUT2D eigenvalue weighted by atomic mass is 35.5. The highest BCUT2D eigenvalue weighted by Gasteiger charge is 2.27. The quantitative estimate of drug-likeness (QED) is 0.454. The highest BCUT2D eigenvalue weighted by molar-refractivity contribution is 6.31. The zero-order chi connectivity index (χ0) is 13.1. The second-order valence-corrected chi connectivity index (χ2v) is 5.03. The average Bonchev–Trinajstić information content (AvgIpc) is 2.38. The van der Waals surface area contributed by atoms with E-state index in [1.807, 2.05) is 0 Å². The molecule has 0 N–H and O–H groups in total. The first-order chi connectivity index (χ1) is 8.63. The van der Waals surface area contributed by atoms with Gasteiger partial charge in [-0.3, -0.25) is 10.1 Å². The lowest BCUT2D eigenvalue weighted by Gasteiger charge is -2.22. The number of nitro benzene ring substituents is 1. The molecule has 1 aliphatic rings. The topological polar surface area (TPSA) is 43.1 Å². The molecular formula is C14H14ClNO2. The number of benzene rings is 1. The van der Waals surface area contributed by atoms with Crippen LogP contribution in [0, 0.1) is 22.5 Å². The Morgan fingerprint density at radius 1 is 1.33 bits per heavy atom. The van der Waals surface area contributed by atoms with Crippen molar-refractivity contribution in [3.8, 4) is 12.3 Å². The number of nitrogens with zero attached hydrogens (tertiary/aromatic N) is 1. The molecule has 0 heterocycles. The van der Waals surface area contributed by atoms with Crippen LogP contribution in [0.3, 0.4) is 0 Å². The zero-order valence-electron chi connectivity index (χ0n) is 9.99. The molecule has 0 aliphatic heterocycles. The summed E-state index contributed by atoms with van der Waals surface area (Å²) in [6.45, 7) is 0. The van der Waals surface area contributed by atoms with E-state index in [4.69, 9.17) is 18.0 Å². The van der Waals surface area contributed by atoms with E-state index in [-0.39, 0.29) is 16.5 Å². The van der Waals surface area contributed by atoms with Crippen LogP contribution in [-0.2, 0) is 0 Å². The van der Waals surface area contributed by atoms with E-state index in [0.29, 0.717) is 16.1 Å². The molecule has 1 aromatic rings. The second-order valence-electron chi connectivity index (χ2n) is 4.63. The largest absolute Gasteiger partial charge is 0.275 e. The number of nitro groups is 1. The molecule has 0 aromatic heterocycles. The van der Waals surface area contributed by atoms with Gasteiger partial charge in [0.05, 0.1) is 15.5 Å². The lowest BCUT2D eigenvalue weighted by atomic mass is 9.83. The number of terminal acetylenes is 1. The van der Waals surface area contributed by atoms with Crippen molar-refractivity contribution in [2.75, 3.05) is 0 Å². The van der Waals surface area contributed by atoms with E-state index >= 15 is 0 Å². The van der Waals surface area contributed by atoms with Gasteiger partial charge < -0.3 is 0 Å². The SMILES string of the molecule is C#Cc1cc(Cl)c(C2CCCCC2)c([N+](=O)[O-])c1. The molecule has 1 saturated carbocycles. The van der Waals surface area contributed by atoms with Crippen LogP contribution in [0.1, 0.15) is 49.1 Å². The van der Waals surface area contributed by atoms with Gasteiger partial charge in [-0.2, -0.15) is 0 Å². The summed E-state index contributed by atoms with van der Waals surface area (Å²) in [6.07, 6.45) is 10.6. The molecule has 0 atom stereocenters. The maximum Gasteiger partial charge on any atom is 0.275 e. The monoisotopic (exact) mass is 263 g/mol. The molecule has 4 heteroatoms. The number of rotatable bonds is 2. The standard InChI is InChI=1S/C14H14ClNO2/c1-2-10-8-12(15)14(13(9-10)16(17)18)11-6-4-3-5-7-11/h1,8-9,11H,3-7H2. The smallest absolute Gasteiger partial charge is 0.258 e. The summed E-state index contributed by atoms with van der Waals surface area (Å²) < 4.78 is 0. The molecule has 1 aromatic carbocycles. The Balaban J connectivity index is 2.50. The molecular weight excluding hydrogens is 250 g/mol. The van der Waals surface area contributed by atoms with E-state index in [1.165, 1.54) is 12.5 Å². The molecule has 0 unspecified atom stereocenters. The Morgan fingerprint density at radius 3 is 2.56 bits per heavy atom. The minimum Gasteiger partial charge on any atom is -0.258 e. The van der Waals surface area contributed by atoms with Crippen LogP contribution in [0.25, 0.3) is 0 Å². The predicted octanol–water partition coefficient (Wildman–Crippen LogP) is 4.28. The summed E-state index contributed by atoms with van der Waals surface area (Å²) in [4.78, 5) is 10.8. The first-order valence-corrected chi connectivity index (χ1v) is 6.45. The molecule has 0 bridgehead atoms. The van der Waals surface area contributed by atoms with E-state index in [9.17, 15) is 10.1 Å². The molecule has 0 amide bonds. The van der Waals surface area contributed by atoms with Crippen LogP contribution in [0.5, 0.6) is 0 Å². The fraction of sp³-hybridized carbons (Fsp3) is 0.429. The van der Waals surface area contributed by atoms with Gasteiger partial charge in [0.2, 0.25) is 0 Å². The highest BCUT2D eigenvalue weighted by Crippen LogP contribution is 2.41. The third kappa shape index (κ3) is 2.49. The molecule has 18 heavy (non-hydrogen) atoms. The Morgan fingerprint density at radius 2 is 2.00 bits per heavy atom. The van der Waals surface area contributed by atoms with E-state index in [2.05, 4.69) is 5.92 Å². The molecule has 0 saturated heterocycles. The number of halogens is 1. The number of hydrogen-bond donors (Lipinski definition) is 0. The molecule has 94 valence electrons. The van der Waals surface area contributed by atoms with Crippen molar-refractivity contribution in [1.29, 1.82) is 0 Å². The van der Waals surface area contributed by atoms with E-state index in [0.717, 1.165) is 25.7 Å². The van der Waals surface area contributed by atoms with Gasteiger partial charge in [0.15, 0.2) is 0 Å². The van der Waals surface area contributed by atoms with Crippen LogP contribution in [-0.4, -0.2) is 4.92 Å². The van der Waals surface area contributed by atoms with Crippen LogP contribution >= 0.6 is 11.6 Å². The molecule has 1 aliphatic carbocycles. The van der Waals surface area contributed by atoms with Crippen molar-refractivity contribution in [2.24, 2.45) is 0 Å². The Kier molecular flexibility index (Phi) is 3.88. The van der Waals surface area contributed by atoms with Crippen molar-refractivity contribution in [2.45, 2.75) is 38.0 Å². The summed E-state index contributed by atoms with van der Waals surface area (Å²) >= 11 is 6.19. The maximum absolute atomic E-state index is 11.2. The van der Waals surface area contributed by atoms with E-state index in [1.54, 1.807) is 6.07 Å². The van der Waals surface area contributed by atoms with Crippen molar-refractivity contribution >= 4 is 17.3 Å². The minimum absolute atomic E-state index is 0.0716. The summed E-state index contributed by atoms with van der Waals surface area (Å²) in [5, 5.41) is 11.6. The first kappa shape index (κ1) is 12.9. The fourth-order valence-electron chi connectivity index (χ4n) is 2.63. The van der Waals surface area contributed by atoms with Crippen LogP contribution in [0.2, 0.25) is 5.02 Å². The lowest BCUT2D eigenvalue weighted by Crippen LogP contribution is -2.08. The molecule has 2 rings (SSSR count). The van der Waals surface area contributed by atoms with Gasteiger partial charge in [-0.25, -0.2) is 0 Å². The normalized spacial score (nSPS) is 16.2. The predicted molar refractivity (Wildman–Crippen MR) is 71.9 cm³/mol. The summed E-state index contributed by atoms with van der Waals surface area (Å²) in [5.41, 5.74) is 1.20. The maximum atomic E-state index is 11.2. The number of hydrogen-bond acceptors (Lipinski definition) is 2. The van der Waals surface area contributed by atoms with Crippen molar-refractivity contribution in [1.82, 2.24) is 0 Å². The van der Waals surface area contributed by atoms with Gasteiger partial charge in [0, 0.05) is 11.6 Å². The summed E-state index contributed by atoms with van der Waals surface area (Å²) in [5.74, 6) is 2.60. The molecule has 3 nitrogen and oxygen atoms in total. The summed E-state index contributed by atoms with van der Waals surface area (Å²) in [7, 11) is 0. The van der Waals surface area contributed by atoms with Crippen molar-refractivity contribution < 1.29 is 4.92 Å². The van der Waals surface area contributed by atoms with Crippen LogP contribution in [0.4, 0.5) is 5.69 Å². The zero-order valence-corrected chi connectivity index (χ0v) is 10.7. The minimum atomic E-state index is -0.378. The van der Waals surface area contributed by atoms with Crippen LogP contribution in [0.15, 0.2) is 12.1 Å². The Bertz CT molecular complexity index is 513. The lowest BCUT2D eigenvalue weighted by molar-refractivity contribution is -0.385. The second kappa shape index (κ2) is 5.41. The molecule has 1 fully saturated rings. The third-order valence-electron chi connectivity index (χ3n) is 3.48. The summed E-state index contributed by atoms with van der Waals surface area (Å²) in [6, 6.07) is 3.11. The van der Waals surface area contributed by atoms with Crippen molar-refractivity contribution in [3.05, 3.63) is 38.4 Å². The third-order valence-corrected chi connectivity index (χ3v) is 3.80. The molecule has 0 radical (unpaired) electrons. The first-order valence-electron chi connectivity index (χ1n) is 6.08. The fourth-order valence-corrected chi connectivity index (χ4v) is 3.00. The van der Waals surface area contributed by atoms with Gasteiger partial charge in [-0.05, 0) is 24.8 Å². The Labute approximate surface area is 111 Å². The average molecular weight is 264 g/mol. The van der Waals surface area contributed by atoms with E-state index < -0.39 is 0 Å². The Hall–Kier alpha value is -1.53.